The van der Waals surface area contributed by atoms with Gasteiger partial charge < -0.3 is 0 Å². The zero-order chi connectivity index (χ0) is 11.5. The molecule has 1 aromatic heterocycles. The minimum Gasteiger partial charge on any atom is -0.297 e. The van der Waals surface area contributed by atoms with E-state index >= 15 is 0 Å². The van der Waals surface area contributed by atoms with Crippen LogP contribution in [0.1, 0.15) is 47.3 Å². The maximum atomic E-state index is 10.8. The first kappa shape index (κ1) is 11.9. The second-order valence-electron chi connectivity index (χ2n) is 4.19. The molecule has 0 spiro atoms. The Bertz CT molecular complexity index is 398. The minimum absolute atomic E-state index is 0.0934. The van der Waals surface area contributed by atoms with E-state index in [4.69, 9.17) is 5.26 Å². The monoisotopic (exact) mass is 221 g/mol. The summed E-state index contributed by atoms with van der Waals surface area (Å²) in [6, 6.07) is 4.09. The molecular weight excluding hydrogens is 206 g/mol. The Morgan fingerprint density at radius 3 is 2.73 bits per heavy atom. The number of thiophene rings is 1. The van der Waals surface area contributed by atoms with E-state index in [9.17, 15) is 4.79 Å². The molecule has 1 aromatic rings. The lowest BCUT2D eigenvalue weighted by molar-refractivity contribution is 0.112. The van der Waals surface area contributed by atoms with Crippen LogP contribution in [0, 0.1) is 11.3 Å². The molecule has 3 heteroatoms. The maximum absolute atomic E-state index is 10.8. The van der Waals surface area contributed by atoms with Crippen molar-refractivity contribution in [3.05, 3.63) is 21.4 Å². The van der Waals surface area contributed by atoms with Crippen LogP contribution in [0.25, 0.3) is 0 Å². The van der Waals surface area contributed by atoms with Crippen LogP contribution in [0.15, 0.2) is 6.07 Å². The summed E-state index contributed by atoms with van der Waals surface area (Å²) in [5.41, 5.74) is 0.963. The van der Waals surface area contributed by atoms with E-state index in [1.807, 2.05) is 6.07 Å². The highest BCUT2D eigenvalue weighted by Gasteiger charge is 2.22. The van der Waals surface area contributed by atoms with Gasteiger partial charge in [0.15, 0.2) is 6.29 Å². The summed E-state index contributed by atoms with van der Waals surface area (Å²) >= 11 is 1.51. The molecule has 0 saturated heterocycles. The van der Waals surface area contributed by atoms with Crippen molar-refractivity contribution in [3.63, 3.8) is 0 Å². The summed E-state index contributed by atoms with van der Waals surface area (Å²) < 4.78 is 0. The van der Waals surface area contributed by atoms with Gasteiger partial charge in [0.1, 0.15) is 0 Å². The molecule has 0 bridgehead atoms. The third kappa shape index (κ3) is 2.45. The molecule has 80 valence electrons. The van der Waals surface area contributed by atoms with Gasteiger partial charge in [0.05, 0.1) is 17.4 Å². The summed E-state index contributed by atoms with van der Waals surface area (Å²) in [6.45, 7) is 6.44. The second-order valence-corrected chi connectivity index (χ2v) is 5.27. The number of carbonyl (C=O) groups excluding carboxylic acids is 1. The highest BCUT2D eigenvalue weighted by molar-refractivity contribution is 7.14. The van der Waals surface area contributed by atoms with Gasteiger partial charge in [-0.1, -0.05) is 20.8 Å². The van der Waals surface area contributed by atoms with E-state index < -0.39 is 0 Å². The van der Waals surface area contributed by atoms with Crippen molar-refractivity contribution in [3.8, 4) is 6.07 Å². The number of nitriles is 1. The van der Waals surface area contributed by atoms with Gasteiger partial charge in [-0.25, -0.2) is 0 Å². The molecular formula is C12H15NOS. The molecule has 2 nitrogen and oxygen atoms in total. The average Bonchev–Trinajstić information content (AvgIpc) is 2.62. The third-order valence-electron chi connectivity index (χ3n) is 2.77. The minimum atomic E-state index is 0.0934. The Labute approximate surface area is 94.5 Å². The van der Waals surface area contributed by atoms with Crippen LogP contribution in [0.3, 0.4) is 0 Å². The van der Waals surface area contributed by atoms with E-state index in [1.165, 1.54) is 16.2 Å². The molecule has 1 heterocycles. The van der Waals surface area contributed by atoms with Gasteiger partial charge in [-0.2, -0.15) is 5.26 Å². The molecule has 1 rings (SSSR count). The highest BCUT2D eigenvalue weighted by Crippen LogP contribution is 2.34. The SMILES string of the molecule is CCC(C)(C)c1cc(CC#N)c(C=O)s1. The Hall–Kier alpha value is -1.14. The van der Waals surface area contributed by atoms with Crippen LogP contribution in [-0.4, -0.2) is 6.29 Å². The topological polar surface area (TPSA) is 40.9 Å². The zero-order valence-corrected chi connectivity index (χ0v) is 10.1. The van der Waals surface area contributed by atoms with Crippen LogP contribution in [0.4, 0.5) is 0 Å². The van der Waals surface area contributed by atoms with Crippen molar-refractivity contribution in [2.45, 2.75) is 39.0 Å². The van der Waals surface area contributed by atoms with Crippen molar-refractivity contribution in [1.29, 1.82) is 5.26 Å². The van der Waals surface area contributed by atoms with Gasteiger partial charge in [0.2, 0.25) is 0 Å². The molecule has 0 N–H and O–H groups in total. The van der Waals surface area contributed by atoms with E-state index in [2.05, 4.69) is 26.8 Å². The van der Waals surface area contributed by atoms with Gasteiger partial charge >= 0.3 is 0 Å². The summed E-state index contributed by atoms with van der Waals surface area (Å²) in [5.74, 6) is 0. The van der Waals surface area contributed by atoms with E-state index in [1.54, 1.807) is 0 Å². The molecule has 0 aliphatic rings. The number of aldehydes is 1. The van der Waals surface area contributed by atoms with Crippen molar-refractivity contribution in [2.24, 2.45) is 0 Å². The van der Waals surface area contributed by atoms with Gasteiger partial charge in [0.25, 0.3) is 0 Å². The second kappa shape index (κ2) is 4.59. The lowest BCUT2D eigenvalue weighted by Crippen LogP contribution is -2.13. The quantitative estimate of drug-likeness (QED) is 0.732. The fourth-order valence-corrected chi connectivity index (χ4v) is 2.44. The summed E-state index contributed by atoms with van der Waals surface area (Å²) in [6.07, 6.45) is 2.20. The standard InChI is InChI=1S/C12H15NOS/c1-4-12(2,3)11-7-9(5-6-13)10(8-14)15-11/h7-8H,4-5H2,1-3H3. The predicted octanol–water partition coefficient (Wildman–Crippen LogP) is 3.31. The molecule has 0 radical (unpaired) electrons. The van der Waals surface area contributed by atoms with E-state index in [0.29, 0.717) is 11.3 Å². The van der Waals surface area contributed by atoms with E-state index in [0.717, 1.165) is 18.3 Å². The molecule has 0 unspecified atom stereocenters. The van der Waals surface area contributed by atoms with Crippen LogP contribution in [0.2, 0.25) is 0 Å². The first-order valence-corrected chi connectivity index (χ1v) is 5.82. The fourth-order valence-electron chi connectivity index (χ4n) is 1.27. The van der Waals surface area contributed by atoms with Crippen molar-refractivity contribution >= 4 is 17.6 Å². The van der Waals surface area contributed by atoms with Gasteiger partial charge in [-0.05, 0) is 23.5 Å². The molecule has 0 amide bonds. The average molecular weight is 221 g/mol. The Morgan fingerprint density at radius 2 is 2.27 bits per heavy atom. The lowest BCUT2D eigenvalue weighted by Gasteiger charge is -2.20. The summed E-state index contributed by atoms with van der Waals surface area (Å²) in [4.78, 5) is 12.7. The molecule has 0 aromatic carbocycles. The molecule has 0 aliphatic carbocycles. The summed E-state index contributed by atoms with van der Waals surface area (Å²) in [7, 11) is 0. The number of hydrogen-bond donors (Lipinski definition) is 0. The molecule has 0 saturated carbocycles. The predicted molar refractivity (Wildman–Crippen MR) is 62.3 cm³/mol. The number of hydrogen-bond acceptors (Lipinski definition) is 3. The largest absolute Gasteiger partial charge is 0.297 e. The molecule has 15 heavy (non-hydrogen) atoms. The molecule has 0 fully saturated rings. The van der Waals surface area contributed by atoms with Gasteiger partial charge in [0, 0.05) is 4.88 Å². The van der Waals surface area contributed by atoms with Gasteiger partial charge in [-0.3, -0.25) is 4.79 Å². The summed E-state index contributed by atoms with van der Waals surface area (Å²) in [5, 5.41) is 8.65. The normalized spacial score (nSPS) is 11.1. The van der Waals surface area contributed by atoms with Crippen molar-refractivity contribution in [1.82, 2.24) is 0 Å². The first-order valence-electron chi connectivity index (χ1n) is 5.00. The van der Waals surface area contributed by atoms with Crippen LogP contribution >= 0.6 is 11.3 Å². The van der Waals surface area contributed by atoms with Crippen LogP contribution in [-0.2, 0) is 11.8 Å². The Kier molecular flexibility index (Phi) is 3.65. The molecule has 0 aliphatic heterocycles. The Morgan fingerprint density at radius 1 is 1.60 bits per heavy atom. The Balaban J connectivity index is 3.14. The van der Waals surface area contributed by atoms with Crippen molar-refractivity contribution < 1.29 is 4.79 Å². The third-order valence-corrected chi connectivity index (χ3v) is 4.24. The van der Waals surface area contributed by atoms with Crippen molar-refractivity contribution in [2.75, 3.05) is 0 Å². The highest BCUT2D eigenvalue weighted by atomic mass is 32.1. The first-order chi connectivity index (χ1) is 7.05. The number of carbonyl (C=O) groups is 1. The lowest BCUT2D eigenvalue weighted by atomic mass is 9.88. The van der Waals surface area contributed by atoms with Gasteiger partial charge in [-0.15, -0.1) is 11.3 Å². The number of nitrogens with zero attached hydrogens (tertiary/aromatic N) is 1. The smallest absolute Gasteiger partial charge is 0.160 e. The maximum Gasteiger partial charge on any atom is 0.160 e. The van der Waals surface area contributed by atoms with Crippen LogP contribution < -0.4 is 0 Å². The number of rotatable bonds is 4. The molecule has 0 atom stereocenters. The van der Waals surface area contributed by atoms with E-state index in [-0.39, 0.29) is 5.41 Å². The fraction of sp³-hybridized carbons (Fsp3) is 0.500. The van der Waals surface area contributed by atoms with Crippen LogP contribution in [0.5, 0.6) is 0 Å². The zero-order valence-electron chi connectivity index (χ0n) is 9.33.